The number of hydrogen-bond acceptors (Lipinski definition) is 4. The maximum absolute atomic E-state index is 11.6. The summed E-state index contributed by atoms with van der Waals surface area (Å²) in [6.07, 6.45) is 3.18. The third-order valence-corrected chi connectivity index (χ3v) is 3.47. The smallest absolute Gasteiger partial charge is 0.348 e. The highest BCUT2D eigenvalue weighted by atomic mass is 32.1. The van der Waals surface area contributed by atoms with Gasteiger partial charge < -0.3 is 9.72 Å². The largest absolute Gasteiger partial charge is 0.462 e. The predicted molar refractivity (Wildman–Crippen MR) is 65.0 cm³/mol. The Morgan fingerprint density at radius 1 is 1.59 bits per heavy atom. The van der Waals surface area contributed by atoms with Crippen molar-refractivity contribution in [3.63, 3.8) is 0 Å². The van der Waals surface area contributed by atoms with E-state index in [9.17, 15) is 9.59 Å². The second-order valence-electron chi connectivity index (χ2n) is 3.45. The normalized spacial score (nSPS) is 10.5. The van der Waals surface area contributed by atoms with Gasteiger partial charge in [0, 0.05) is 12.4 Å². The number of thiophene rings is 1. The van der Waals surface area contributed by atoms with Gasteiger partial charge in [-0.25, -0.2) is 9.59 Å². The number of nitrogens with zero attached hydrogens (tertiary/aromatic N) is 1. The van der Waals surface area contributed by atoms with Gasteiger partial charge in [0.05, 0.1) is 6.61 Å². The van der Waals surface area contributed by atoms with Crippen LogP contribution in [-0.2, 0) is 4.74 Å². The summed E-state index contributed by atoms with van der Waals surface area (Å²) < 4.78 is 6.40. The Morgan fingerprint density at radius 3 is 2.94 bits per heavy atom. The van der Waals surface area contributed by atoms with Crippen molar-refractivity contribution in [2.75, 3.05) is 6.61 Å². The lowest BCUT2D eigenvalue weighted by Crippen LogP contribution is -2.12. The summed E-state index contributed by atoms with van der Waals surface area (Å²) in [7, 11) is 0. The van der Waals surface area contributed by atoms with Gasteiger partial charge in [-0.2, -0.15) is 0 Å². The molecule has 2 aromatic rings. The molecule has 0 unspecified atom stereocenters. The van der Waals surface area contributed by atoms with Crippen LogP contribution >= 0.6 is 11.3 Å². The number of aromatic amines is 1. The fraction of sp³-hybridized carbons (Fsp3) is 0.273. The van der Waals surface area contributed by atoms with E-state index < -0.39 is 0 Å². The van der Waals surface area contributed by atoms with Crippen LogP contribution in [0.25, 0.3) is 5.00 Å². The van der Waals surface area contributed by atoms with Gasteiger partial charge in [0.25, 0.3) is 0 Å². The molecule has 1 N–H and O–H groups in total. The van der Waals surface area contributed by atoms with Crippen LogP contribution in [-0.4, -0.2) is 22.1 Å². The molecular formula is C11H12N2O3S. The van der Waals surface area contributed by atoms with Gasteiger partial charge in [-0.1, -0.05) is 0 Å². The SMILES string of the molecule is CCOC(=O)c1sc(-n2cc[nH]c2=O)cc1C. The molecule has 0 saturated carbocycles. The minimum atomic E-state index is -0.343. The minimum absolute atomic E-state index is 0.221. The van der Waals surface area contributed by atoms with E-state index in [0.717, 1.165) is 5.56 Å². The second kappa shape index (κ2) is 4.58. The molecule has 0 atom stereocenters. The number of imidazole rings is 1. The molecule has 0 aliphatic rings. The molecule has 0 aromatic carbocycles. The molecule has 17 heavy (non-hydrogen) atoms. The zero-order valence-corrected chi connectivity index (χ0v) is 10.3. The summed E-state index contributed by atoms with van der Waals surface area (Å²) in [4.78, 5) is 26.1. The molecule has 0 saturated heterocycles. The molecule has 0 radical (unpaired) electrons. The zero-order chi connectivity index (χ0) is 12.4. The molecule has 0 fully saturated rings. The third-order valence-electron chi connectivity index (χ3n) is 2.25. The van der Waals surface area contributed by atoms with Crippen LogP contribution in [0.5, 0.6) is 0 Å². The van der Waals surface area contributed by atoms with Crippen LogP contribution in [0, 0.1) is 6.92 Å². The van der Waals surface area contributed by atoms with Gasteiger partial charge in [0.15, 0.2) is 0 Å². The standard InChI is InChI=1S/C11H12N2O3S/c1-3-16-10(14)9-7(2)6-8(17-9)13-5-4-12-11(13)15/h4-6H,3H2,1-2H3,(H,12,15). The van der Waals surface area contributed by atoms with Gasteiger partial charge >= 0.3 is 11.7 Å². The number of rotatable bonds is 3. The summed E-state index contributed by atoms with van der Waals surface area (Å²) >= 11 is 1.25. The van der Waals surface area contributed by atoms with E-state index in [1.54, 1.807) is 25.4 Å². The molecule has 2 heterocycles. The van der Waals surface area contributed by atoms with Crippen molar-refractivity contribution in [1.82, 2.24) is 9.55 Å². The predicted octanol–water partition coefficient (Wildman–Crippen LogP) is 1.71. The number of carbonyl (C=O) groups excluding carboxylic acids is 1. The Bertz CT molecular complexity index is 594. The first-order valence-corrected chi connectivity index (χ1v) is 5.99. The number of hydrogen-bond donors (Lipinski definition) is 1. The molecule has 2 rings (SSSR count). The Kier molecular flexibility index (Phi) is 3.14. The van der Waals surface area contributed by atoms with E-state index in [2.05, 4.69) is 4.98 Å². The molecule has 5 nitrogen and oxygen atoms in total. The van der Waals surface area contributed by atoms with Gasteiger partial charge in [0.2, 0.25) is 0 Å². The highest BCUT2D eigenvalue weighted by molar-refractivity contribution is 7.16. The Morgan fingerprint density at radius 2 is 2.35 bits per heavy atom. The van der Waals surface area contributed by atoms with Gasteiger partial charge in [0.1, 0.15) is 9.88 Å². The van der Waals surface area contributed by atoms with Crippen molar-refractivity contribution in [1.29, 1.82) is 0 Å². The Balaban J connectivity index is 2.41. The molecule has 0 aliphatic carbocycles. The fourth-order valence-electron chi connectivity index (χ4n) is 1.48. The number of ether oxygens (including phenoxy) is 1. The quantitative estimate of drug-likeness (QED) is 0.846. The Hall–Kier alpha value is -1.82. The van der Waals surface area contributed by atoms with Crippen molar-refractivity contribution >= 4 is 17.3 Å². The second-order valence-corrected chi connectivity index (χ2v) is 4.48. The summed E-state index contributed by atoms with van der Waals surface area (Å²) in [6.45, 7) is 3.93. The van der Waals surface area contributed by atoms with E-state index >= 15 is 0 Å². The molecule has 0 spiro atoms. The van der Waals surface area contributed by atoms with E-state index in [-0.39, 0.29) is 11.7 Å². The van der Waals surface area contributed by atoms with E-state index in [1.165, 1.54) is 15.9 Å². The van der Waals surface area contributed by atoms with Crippen molar-refractivity contribution in [2.24, 2.45) is 0 Å². The van der Waals surface area contributed by atoms with Crippen molar-refractivity contribution in [2.45, 2.75) is 13.8 Å². The maximum atomic E-state index is 11.6. The number of aromatic nitrogens is 2. The highest BCUT2D eigenvalue weighted by Crippen LogP contribution is 2.25. The molecule has 6 heteroatoms. The summed E-state index contributed by atoms with van der Waals surface area (Å²) in [5.41, 5.74) is 0.596. The van der Waals surface area contributed by atoms with Crippen LogP contribution in [0.3, 0.4) is 0 Å². The lowest BCUT2D eigenvalue weighted by molar-refractivity contribution is 0.0531. The van der Waals surface area contributed by atoms with Crippen LogP contribution in [0.1, 0.15) is 22.2 Å². The summed E-state index contributed by atoms with van der Waals surface area (Å²) in [6, 6.07) is 1.80. The molecule has 0 amide bonds. The lowest BCUT2D eigenvalue weighted by Gasteiger charge is -1.98. The fourth-order valence-corrected chi connectivity index (χ4v) is 2.53. The highest BCUT2D eigenvalue weighted by Gasteiger charge is 2.15. The Labute approximate surface area is 102 Å². The number of carbonyl (C=O) groups is 1. The minimum Gasteiger partial charge on any atom is -0.462 e. The van der Waals surface area contributed by atoms with Crippen molar-refractivity contribution in [3.8, 4) is 5.00 Å². The average molecular weight is 252 g/mol. The number of H-pyrrole nitrogens is 1. The molecule has 0 bridgehead atoms. The molecule has 0 aliphatic heterocycles. The average Bonchev–Trinajstić information content (AvgIpc) is 2.84. The first-order valence-electron chi connectivity index (χ1n) is 5.17. The van der Waals surface area contributed by atoms with Crippen molar-refractivity contribution < 1.29 is 9.53 Å². The van der Waals surface area contributed by atoms with Crippen LogP contribution in [0.4, 0.5) is 0 Å². The van der Waals surface area contributed by atoms with E-state index in [4.69, 9.17) is 4.74 Å². The van der Waals surface area contributed by atoms with Crippen LogP contribution in [0.15, 0.2) is 23.3 Å². The molecule has 90 valence electrons. The number of aryl methyl sites for hydroxylation is 1. The van der Waals surface area contributed by atoms with Gasteiger partial charge in [-0.15, -0.1) is 11.3 Å². The first-order chi connectivity index (χ1) is 8.13. The third kappa shape index (κ3) is 2.16. The first kappa shape index (κ1) is 11.7. The van der Waals surface area contributed by atoms with Crippen LogP contribution in [0.2, 0.25) is 0 Å². The maximum Gasteiger partial charge on any atom is 0.348 e. The molecular weight excluding hydrogens is 240 g/mol. The zero-order valence-electron chi connectivity index (χ0n) is 9.52. The van der Waals surface area contributed by atoms with Gasteiger partial charge in [-0.3, -0.25) is 4.57 Å². The number of nitrogens with one attached hydrogen (secondary N) is 1. The monoisotopic (exact) mass is 252 g/mol. The van der Waals surface area contributed by atoms with Gasteiger partial charge in [-0.05, 0) is 25.5 Å². The van der Waals surface area contributed by atoms with Crippen molar-refractivity contribution in [3.05, 3.63) is 39.4 Å². The van der Waals surface area contributed by atoms with E-state index in [0.29, 0.717) is 16.5 Å². The summed E-state index contributed by atoms with van der Waals surface area (Å²) in [5.74, 6) is -0.343. The topological polar surface area (TPSA) is 64.1 Å². The molecule has 2 aromatic heterocycles. The van der Waals surface area contributed by atoms with E-state index in [1.807, 2.05) is 6.92 Å². The summed E-state index contributed by atoms with van der Waals surface area (Å²) in [5, 5.41) is 0.705. The van der Waals surface area contributed by atoms with Crippen LogP contribution < -0.4 is 5.69 Å². The number of esters is 1. The lowest BCUT2D eigenvalue weighted by atomic mass is 10.3.